The second-order valence-corrected chi connectivity index (χ2v) is 12.5. The molecule has 252 valence electrons. The van der Waals surface area contributed by atoms with E-state index in [-0.39, 0.29) is 31.1 Å². The van der Waals surface area contributed by atoms with Crippen molar-refractivity contribution in [3.05, 3.63) is 60.2 Å². The number of methoxy groups -OCH3 is 3. The monoisotopic (exact) mass is 637 g/mol. The van der Waals surface area contributed by atoms with Crippen LogP contribution in [-0.2, 0) is 6.42 Å². The summed E-state index contributed by atoms with van der Waals surface area (Å²) in [5, 5.41) is 10.8. The molecule has 0 radical (unpaired) electrons. The number of carbonyl (C=O) groups is 2. The molecule has 0 bridgehead atoms. The maximum Gasteiger partial charge on any atom is 0.320 e. The van der Waals surface area contributed by atoms with Crippen molar-refractivity contribution < 1.29 is 33.6 Å². The van der Waals surface area contributed by atoms with Crippen molar-refractivity contribution in [1.29, 1.82) is 0 Å². The van der Waals surface area contributed by atoms with Crippen LogP contribution in [0.2, 0.25) is 0 Å². The molecule has 2 aromatic carbocycles. The highest BCUT2D eigenvalue weighted by molar-refractivity contribution is 5.95. The van der Waals surface area contributed by atoms with Crippen LogP contribution in [0, 0.1) is 11.8 Å². The molecule has 2 aromatic rings. The number of urea groups is 1. The average Bonchev–Trinajstić information content (AvgIpc) is 3.09. The van der Waals surface area contributed by atoms with E-state index >= 15 is 0 Å². The molecule has 10 nitrogen and oxygen atoms in total. The van der Waals surface area contributed by atoms with Gasteiger partial charge in [-0.15, -0.1) is 6.58 Å². The summed E-state index contributed by atoms with van der Waals surface area (Å²) < 4.78 is 22.2. The molecule has 0 aliphatic carbocycles. The van der Waals surface area contributed by atoms with Gasteiger partial charge in [-0.25, -0.2) is 4.79 Å². The molecule has 3 amide bonds. The van der Waals surface area contributed by atoms with Crippen molar-refractivity contribution >= 4 is 11.9 Å². The van der Waals surface area contributed by atoms with Crippen LogP contribution in [0.15, 0.2) is 49.1 Å². The van der Waals surface area contributed by atoms with Gasteiger partial charge in [0, 0.05) is 37.8 Å². The van der Waals surface area contributed by atoms with Crippen LogP contribution < -0.4 is 18.9 Å². The maximum atomic E-state index is 13.6. The fourth-order valence-corrected chi connectivity index (χ4v) is 6.65. The number of hydrogen-bond acceptors (Lipinski definition) is 7. The molecule has 2 aliphatic heterocycles. The number of nitrogens with zero attached hydrogens (tertiary/aromatic N) is 3. The van der Waals surface area contributed by atoms with Gasteiger partial charge >= 0.3 is 6.03 Å². The summed E-state index contributed by atoms with van der Waals surface area (Å²) in [6.45, 7) is 10.8. The van der Waals surface area contributed by atoms with E-state index in [1.165, 1.54) is 0 Å². The van der Waals surface area contributed by atoms with E-state index in [4.69, 9.17) is 18.9 Å². The van der Waals surface area contributed by atoms with E-state index < -0.39 is 6.10 Å². The summed E-state index contributed by atoms with van der Waals surface area (Å²) in [5.74, 6) is 3.11. The summed E-state index contributed by atoms with van der Waals surface area (Å²) in [4.78, 5) is 32.5. The minimum Gasteiger partial charge on any atom is -0.493 e. The topological polar surface area (TPSA) is 101 Å². The fourth-order valence-electron chi connectivity index (χ4n) is 6.65. The third-order valence-corrected chi connectivity index (χ3v) is 9.26. The van der Waals surface area contributed by atoms with Gasteiger partial charge in [-0.2, -0.15) is 0 Å². The third-order valence-electron chi connectivity index (χ3n) is 9.26. The lowest BCUT2D eigenvalue weighted by Gasteiger charge is -2.42. The van der Waals surface area contributed by atoms with Gasteiger partial charge in [0.05, 0.1) is 27.9 Å². The highest BCUT2D eigenvalue weighted by atomic mass is 16.5. The molecule has 1 atom stereocenters. The molecule has 1 unspecified atom stereocenters. The van der Waals surface area contributed by atoms with Crippen LogP contribution in [0.4, 0.5) is 4.79 Å². The SMILES string of the molecule is C=CCc1ccccc1OCC(O)CN(C(=O)N1CCC(C2CCN(C(=O)c3cc(OC)c(OC)c(OC)c3)CC2)CC1)C(C)C. The number of amides is 3. The number of likely N-dealkylation sites (tertiary alicyclic amines) is 2. The second-order valence-electron chi connectivity index (χ2n) is 12.5. The van der Waals surface area contributed by atoms with Crippen molar-refractivity contribution in [2.75, 3.05) is 60.7 Å². The van der Waals surface area contributed by atoms with Crippen LogP contribution in [0.25, 0.3) is 0 Å². The molecular formula is C36H51N3O7. The Morgan fingerprint density at radius 3 is 2.00 bits per heavy atom. The number of benzene rings is 2. The highest BCUT2D eigenvalue weighted by Crippen LogP contribution is 2.39. The van der Waals surface area contributed by atoms with E-state index in [1.54, 1.807) is 38.4 Å². The number of allylic oxidation sites excluding steroid dienone is 1. The zero-order chi connectivity index (χ0) is 33.2. The molecular weight excluding hydrogens is 586 g/mol. The molecule has 2 aliphatic rings. The zero-order valence-corrected chi connectivity index (χ0v) is 28.1. The number of rotatable bonds is 13. The molecule has 2 fully saturated rings. The minimum absolute atomic E-state index is 0.0367. The average molecular weight is 638 g/mol. The van der Waals surface area contributed by atoms with Crippen LogP contribution in [0.5, 0.6) is 23.0 Å². The van der Waals surface area contributed by atoms with Gasteiger partial charge in [0.25, 0.3) is 5.91 Å². The van der Waals surface area contributed by atoms with Gasteiger partial charge in [-0.1, -0.05) is 24.3 Å². The summed E-state index contributed by atoms with van der Waals surface area (Å²) in [6.07, 6.45) is 5.46. The Morgan fingerprint density at radius 2 is 1.48 bits per heavy atom. The van der Waals surface area contributed by atoms with Gasteiger partial charge in [0.1, 0.15) is 18.5 Å². The van der Waals surface area contributed by atoms with Gasteiger partial charge in [-0.05, 0) is 81.5 Å². The highest BCUT2D eigenvalue weighted by Gasteiger charge is 2.34. The third kappa shape index (κ3) is 8.46. The van der Waals surface area contributed by atoms with Gasteiger partial charge in [0.15, 0.2) is 11.5 Å². The van der Waals surface area contributed by atoms with Crippen molar-refractivity contribution in [3.63, 3.8) is 0 Å². The number of para-hydroxylation sites is 1. The maximum absolute atomic E-state index is 13.6. The number of aliphatic hydroxyl groups excluding tert-OH is 1. The lowest BCUT2D eigenvalue weighted by Crippen LogP contribution is -2.52. The van der Waals surface area contributed by atoms with E-state index in [9.17, 15) is 14.7 Å². The van der Waals surface area contributed by atoms with Gasteiger partial charge in [-0.3, -0.25) is 4.79 Å². The number of ether oxygens (including phenoxy) is 4. The van der Waals surface area contributed by atoms with Crippen LogP contribution in [0.3, 0.4) is 0 Å². The first-order chi connectivity index (χ1) is 22.2. The molecule has 46 heavy (non-hydrogen) atoms. The Hall–Kier alpha value is -3.92. The summed E-state index contributed by atoms with van der Waals surface area (Å²) in [7, 11) is 4.63. The van der Waals surface area contributed by atoms with Crippen molar-refractivity contribution in [2.45, 2.75) is 58.1 Å². The predicted molar refractivity (Wildman–Crippen MR) is 178 cm³/mol. The molecule has 0 aromatic heterocycles. The van der Waals surface area contributed by atoms with Crippen molar-refractivity contribution in [3.8, 4) is 23.0 Å². The number of carbonyl (C=O) groups excluding carboxylic acids is 2. The molecule has 2 saturated heterocycles. The van der Waals surface area contributed by atoms with Crippen molar-refractivity contribution in [1.82, 2.24) is 14.7 Å². The molecule has 10 heteroatoms. The smallest absolute Gasteiger partial charge is 0.320 e. The summed E-state index contributed by atoms with van der Waals surface area (Å²) >= 11 is 0. The van der Waals surface area contributed by atoms with Gasteiger partial charge in [0.2, 0.25) is 5.75 Å². The molecule has 2 heterocycles. The Morgan fingerprint density at radius 1 is 0.913 bits per heavy atom. The van der Waals surface area contributed by atoms with Crippen LogP contribution in [0.1, 0.15) is 55.5 Å². The quantitative estimate of drug-likeness (QED) is 0.299. The van der Waals surface area contributed by atoms with E-state index in [1.807, 2.05) is 54.0 Å². The molecule has 1 N–H and O–H groups in total. The minimum atomic E-state index is -0.811. The fraction of sp³-hybridized carbons (Fsp3) is 0.556. The Labute approximate surface area is 273 Å². The van der Waals surface area contributed by atoms with E-state index in [2.05, 4.69) is 6.58 Å². The lowest BCUT2D eigenvalue weighted by molar-refractivity contribution is 0.0490. The zero-order valence-electron chi connectivity index (χ0n) is 28.1. The Balaban J connectivity index is 1.26. The number of piperidine rings is 2. The summed E-state index contributed by atoms with van der Waals surface area (Å²) in [6, 6.07) is 11.1. The molecule has 4 rings (SSSR count). The molecule has 0 saturated carbocycles. The largest absolute Gasteiger partial charge is 0.493 e. The van der Waals surface area contributed by atoms with E-state index in [0.717, 1.165) is 37.0 Å². The second kappa shape index (κ2) is 16.6. The van der Waals surface area contributed by atoms with E-state index in [0.29, 0.717) is 67.2 Å². The predicted octanol–water partition coefficient (Wildman–Crippen LogP) is 5.28. The first-order valence-corrected chi connectivity index (χ1v) is 16.3. The number of aliphatic hydroxyl groups is 1. The standard InChI is InChI=1S/C36H51N3O7/c1-7-10-28-11-8-9-12-31(28)46-24-30(40)23-39(25(2)3)36(42)38-19-15-27(16-20-38)26-13-17-37(18-14-26)35(41)29-21-32(43-4)34(45-6)33(22-29)44-5/h7-9,11-12,21-22,25-27,30,40H,1,10,13-20,23-24H2,2-6H3. The number of hydrogen-bond donors (Lipinski definition) is 1. The van der Waals surface area contributed by atoms with Crippen LogP contribution in [-0.4, -0.2) is 105 Å². The van der Waals surface area contributed by atoms with Crippen LogP contribution >= 0.6 is 0 Å². The Kier molecular flexibility index (Phi) is 12.6. The van der Waals surface area contributed by atoms with Crippen molar-refractivity contribution in [2.24, 2.45) is 11.8 Å². The summed E-state index contributed by atoms with van der Waals surface area (Å²) in [5.41, 5.74) is 1.53. The molecule has 0 spiro atoms. The lowest BCUT2D eigenvalue weighted by atomic mass is 9.78. The Bertz CT molecular complexity index is 1290. The first kappa shape index (κ1) is 34.9. The normalized spacial score (nSPS) is 16.6. The first-order valence-electron chi connectivity index (χ1n) is 16.3. The van der Waals surface area contributed by atoms with Gasteiger partial charge < -0.3 is 38.8 Å².